The molecule has 0 fully saturated rings. The van der Waals surface area contributed by atoms with Gasteiger partial charge in [-0.05, 0) is 17.9 Å². The average Bonchev–Trinajstić information content (AvgIpc) is 2.20. The van der Waals surface area contributed by atoms with Crippen LogP contribution in [0, 0.1) is 5.41 Å². The van der Waals surface area contributed by atoms with Crippen LogP contribution in [0.25, 0.3) is 0 Å². The lowest BCUT2D eigenvalue weighted by Crippen LogP contribution is -2.36. The largest absolute Gasteiger partial charge is 0.388 e. The molecule has 0 aliphatic heterocycles. The number of hydrogen-bond donors (Lipinski definition) is 2. The smallest absolute Gasteiger partial charge is 0.0819 e. The highest BCUT2D eigenvalue weighted by Crippen LogP contribution is 2.33. The summed E-state index contributed by atoms with van der Waals surface area (Å²) < 4.78 is 0. The maximum atomic E-state index is 10.1. The predicted octanol–water partition coefficient (Wildman–Crippen LogP) is 4.21. The molecule has 5 heteroatoms. The first-order chi connectivity index (χ1) is 7.73. The van der Waals surface area contributed by atoms with Crippen molar-refractivity contribution < 1.29 is 5.11 Å². The summed E-state index contributed by atoms with van der Waals surface area (Å²) in [6.07, 6.45) is -0.223. The monoisotopic (exact) mass is 311 g/mol. The van der Waals surface area contributed by atoms with Crippen molar-refractivity contribution in [3.8, 4) is 0 Å². The summed E-state index contributed by atoms with van der Waals surface area (Å²) >= 11 is 12.0. The molecule has 0 aliphatic rings. The molecule has 0 aliphatic carbocycles. The van der Waals surface area contributed by atoms with Gasteiger partial charge in [-0.3, -0.25) is 0 Å². The van der Waals surface area contributed by atoms with Gasteiger partial charge in [-0.1, -0.05) is 56.1 Å². The Labute approximate surface area is 125 Å². The number of aliphatic hydroxyl groups is 1. The van der Waals surface area contributed by atoms with E-state index in [-0.39, 0.29) is 23.9 Å². The van der Waals surface area contributed by atoms with Gasteiger partial charge in [0.05, 0.1) is 16.1 Å². The molecule has 104 valence electrons. The molecular formula is C13H20Cl3NO. The minimum absolute atomic E-state index is 0. The minimum Gasteiger partial charge on any atom is -0.388 e. The van der Waals surface area contributed by atoms with Gasteiger partial charge in [0.25, 0.3) is 0 Å². The molecule has 3 N–H and O–H groups in total. The number of aliphatic hydroxyl groups excluding tert-OH is 1. The SMILES string of the molecule is CC(C)(C)[C@@H](N)C[C@H](O)c1cccc(Cl)c1Cl.Cl. The van der Waals surface area contributed by atoms with Crippen molar-refractivity contribution in [2.45, 2.75) is 39.3 Å². The van der Waals surface area contributed by atoms with Gasteiger partial charge >= 0.3 is 0 Å². The third kappa shape index (κ3) is 4.60. The topological polar surface area (TPSA) is 46.2 Å². The number of benzene rings is 1. The summed E-state index contributed by atoms with van der Waals surface area (Å²) in [5.41, 5.74) is 6.63. The van der Waals surface area contributed by atoms with E-state index in [1.165, 1.54) is 0 Å². The molecule has 0 saturated carbocycles. The Kier molecular flexibility index (Phi) is 6.97. The second-order valence-electron chi connectivity index (χ2n) is 5.37. The zero-order chi connectivity index (χ0) is 13.2. The van der Waals surface area contributed by atoms with Crippen molar-refractivity contribution in [1.29, 1.82) is 0 Å². The molecule has 1 aromatic rings. The third-order valence-electron chi connectivity index (χ3n) is 2.93. The van der Waals surface area contributed by atoms with Crippen LogP contribution in [0.4, 0.5) is 0 Å². The first-order valence-corrected chi connectivity index (χ1v) is 6.36. The van der Waals surface area contributed by atoms with E-state index < -0.39 is 6.10 Å². The molecule has 1 aromatic carbocycles. The fraction of sp³-hybridized carbons (Fsp3) is 0.538. The van der Waals surface area contributed by atoms with Gasteiger partial charge in [-0.15, -0.1) is 12.4 Å². The molecule has 0 aromatic heterocycles. The molecule has 0 amide bonds. The maximum absolute atomic E-state index is 10.1. The Morgan fingerprint density at radius 2 is 1.83 bits per heavy atom. The van der Waals surface area contributed by atoms with Crippen LogP contribution < -0.4 is 5.73 Å². The second kappa shape index (κ2) is 6.97. The lowest BCUT2D eigenvalue weighted by molar-refractivity contribution is 0.133. The molecule has 0 heterocycles. The van der Waals surface area contributed by atoms with E-state index in [0.717, 1.165) is 0 Å². The van der Waals surface area contributed by atoms with E-state index in [9.17, 15) is 5.11 Å². The number of rotatable bonds is 3. The second-order valence-corrected chi connectivity index (χ2v) is 6.15. The van der Waals surface area contributed by atoms with Crippen molar-refractivity contribution >= 4 is 35.6 Å². The van der Waals surface area contributed by atoms with Gasteiger partial charge in [0, 0.05) is 11.6 Å². The Balaban J connectivity index is 0.00000289. The standard InChI is InChI=1S/C13H19Cl2NO.ClH/c1-13(2,3)11(16)7-10(17)8-5-4-6-9(14)12(8)15;/h4-6,10-11,17H,7,16H2,1-3H3;1H/t10-,11-;/m0./s1. The van der Waals surface area contributed by atoms with Crippen molar-refractivity contribution in [2.75, 3.05) is 0 Å². The molecular weight excluding hydrogens is 293 g/mol. The summed E-state index contributed by atoms with van der Waals surface area (Å²) in [5.74, 6) is 0. The zero-order valence-corrected chi connectivity index (χ0v) is 13.1. The van der Waals surface area contributed by atoms with Gasteiger partial charge < -0.3 is 10.8 Å². The van der Waals surface area contributed by atoms with Crippen LogP contribution in [0.2, 0.25) is 10.0 Å². The summed E-state index contributed by atoms with van der Waals surface area (Å²) in [5, 5.41) is 11.0. The van der Waals surface area contributed by atoms with Crippen LogP contribution in [0.5, 0.6) is 0 Å². The average molecular weight is 313 g/mol. The van der Waals surface area contributed by atoms with E-state index in [1.54, 1.807) is 18.2 Å². The summed E-state index contributed by atoms with van der Waals surface area (Å²) in [6.45, 7) is 6.14. The first kappa shape index (κ1) is 18.0. The number of halogens is 3. The number of hydrogen-bond acceptors (Lipinski definition) is 2. The van der Waals surface area contributed by atoms with E-state index in [4.69, 9.17) is 28.9 Å². The molecule has 0 bridgehead atoms. The lowest BCUT2D eigenvalue weighted by atomic mass is 9.83. The van der Waals surface area contributed by atoms with Gasteiger partial charge in [0.15, 0.2) is 0 Å². The van der Waals surface area contributed by atoms with Crippen LogP contribution in [0.15, 0.2) is 18.2 Å². The van der Waals surface area contributed by atoms with Crippen LogP contribution >= 0.6 is 35.6 Å². The highest BCUT2D eigenvalue weighted by atomic mass is 35.5. The van der Waals surface area contributed by atoms with Gasteiger partial charge in [-0.2, -0.15) is 0 Å². The molecule has 2 nitrogen and oxygen atoms in total. The lowest BCUT2D eigenvalue weighted by Gasteiger charge is -2.29. The van der Waals surface area contributed by atoms with Crippen LogP contribution in [-0.2, 0) is 0 Å². The normalized spacial score (nSPS) is 14.8. The van der Waals surface area contributed by atoms with Crippen molar-refractivity contribution in [3.63, 3.8) is 0 Å². The van der Waals surface area contributed by atoms with E-state index in [0.29, 0.717) is 22.0 Å². The van der Waals surface area contributed by atoms with Crippen LogP contribution in [0.3, 0.4) is 0 Å². The molecule has 0 spiro atoms. The zero-order valence-electron chi connectivity index (χ0n) is 10.8. The fourth-order valence-corrected chi connectivity index (χ4v) is 1.93. The Bertz CT molecular complexity index is 390. The van der Waals surface area contributed by atoms with E-state index in [2.05, 4.69) is 0 Å². The highest BCUT2D eigenvalue weighted by Gasteiger charge is 2.25. The Morgan fingerprint density at radius 1 is 1.28 bits per heavy atom. The van der Waals surface area contributed by atoms with Crippen molar-refractivity contribution in [2.24, 2.45) is 11.1 Å². The third-order valence-corrected chi connectivity index (χ3v) is 3.76. The molecule has 18 heavy (non-hydrogen) atoms. The minimum atomic E-state index is -0.685. The Morgan fingerprint density at radius 3 is 2.33 bits per heavy atom. The van der Waals surface area contributed by atoms with E-state index >= 15 is 0 Å². The maximum Gasteiger partial charge on any atom is 0.0819 e. The van der Waals surface area contributed by atoms with Gasteiger partial charge in [0.2, 0.25) is 0 Å². The predicted molar refractivity (Wildman–Crippen MR) is 80.7 cm³/mol. The van der Waals surface area contributed by atoms with Crippen molar-refractivity contribution in [3.05, 3.63) is 33.8 Å². The quantitative estimate of drug-likeness (QED) is 0.878. The van der Waals surface area contributed by atoms with E-state index in [1.807, 2.05) is 20.8 Å². The van der Waals surface area contributed by atoms with Gasteiger partial charge in [0.1, 0.15) is 0 Å². The first-order valence-electron chi connectivity index (χ1n) is 5.61. The summed E-state index contributed by atoms with van der Waals surface area (Å²) in [6, 6.07) is 5.14. The molecule has 0 saturated heterocycles. The molecule has 0 unspecified atom stereocenters. The molecule has 0 radical (unpaired) electrons. The summed E-state index contributed by atoms with van der Waals surface area (Å²) in [4.78, 5) is 0. The number of nitrogens with two attached hydrogens (primary N) is 1. The molecule has 2 atom stereocenters. The van der Waals surface area contributed by atoms with Crippen LogP contribution in [-0.4, -0.2) is 11.1 Å². The van der Waals surface area contributed by atoms with Crippen LogP contribution in [0.1, 0.15) is 38.9 Å². The summed E-state index contributed by atoms with van der Waals surface area (Å²) in [7, 11) is 0. The highest BCUT2D eigenvalue weighted by molar-refractivity contribution is 6.42. The van der Waals surface area contributed by atoms with Gasteiger partial charge in [-0.25, -0.2) is 0 Å². The fourth-order valence-electron chi connectivity index (χ4n) is 1.50. The Hall–Kier alpha value is 0.01000. The van der Waals surface area contributed by atoms with Crippen molar-refractivity contribution in [1.82, 2.24) is 0 Å². The molecule has 1 rings (SSSR count).